The van der Waals surface area contributed by atoms with Crippen molar-refractivity contribution in [3.63, 3.8) is 0 Å². The number of rotatable bonds is 2. The summed E-state index contributed by atoms with van der Waals surface area (Å²) in [5.41, 5.74) is 5.58. The van der Waals surface area contributed by atoms with Gasteiger partial charge >= 0.3 is 0 Å². The molecule has 3 unspecified atom stereocenters. The second-order valence-corrected chi connectivity index (χ2v) is 7.44. The Kier molecular flexibility index (Phi) is 4.91. The van der Waals surface area contributed by atoms with Gasteiger partial charge in [-0.3, -0.25) is 4.79 Å². The third-order valence-electron chi connectivity index (χ3n) is 6.00. The summed E-state index contributed by atoms with van der Waals surface area (Å²) in [5, 5.41) is 3.23. The Balaban J connectivity index is 0.00000161. The van der Waals surface area contributed by atoms with Gasteiger partial charge in [-0.25, -0.2) is 0 Å². The second kappa shape index (κ2) is 6.05. The van der Waals surface area contributed by atoms with Crippen LogP contribution in [0.4, 0.5) is 0 Å². The minimum atomic E-state index is -0.754. The van der Waals surface area contributed by atoms with Crippen LogP contribution >= 0.6 is 12.4 Å². The maximum atomic E-state index is 12.8. The molecular weight excluding hydrogens is 288 g/mol. The van der Waals surface area contributed by atoms with Crippen LogP contribution in [0.3, 0.4) is 0 Å². The lowest BCUT2D eigenvalue weighted by Crippen LogP contribution is -2.82. The van der Waals surface area contributed by atoms with E-state index in [1.54, 1.807) is 0 Å². The number of carbonyl (C=O) groups excluding carboxylic acids is 1. The molecule has 0 aromatic carbocycles. The average Bonchev–Trinajstić information content (AvgIpc) is 2.47. The minimum Gasteiger partial charge on any atom is -0.377 e. The van der Waals surface area contributed by atoms with E-state index in [1.807, 2.05) is 0 Å². The van der Waals surface area contributed by atoms with Crippen molar-refractivity contribution in [2.45, 2.75) is 76.5 Å². The van der Waals surface area contributed by atoms with Crippen LogP contribution in [0, 0.1) is 11.3 Å². The molecule has 1 saturated heterocycles. The van der Waals surface area contributed by atoms with Gasteiger partial charge in [0, 0.05) is 24.0 Å². The molecule has 3 rings (SSSR count). The van der Waals surface area contributed by atoms with Gasteiger partial charge in [-0.15, -0.1) is 12.4 Å². The lowest BCUT2D eigenvalue weighted by atomic mass is 9.46. The summed E-state index contributed by atoms with van der Waals surface area (Å²) in [5.74, 6) is 0.246. The van der Waals surface area contributed by atoms with Crippen molar-refractivity contribution < 1.29 is 9.53 Å². The van der Waals surface area contributed by atoms with E-state index < -0.39 is 5.54 Å². The van der Waals surface area contributed by atoms with E-state index in [-0.39, 0.29) is 35.8 Å². The third-order valence-corrected chi connectivity index (χ3v) is 6.00. The van der Waals surface area contributed by atoms with E-state index in [0.717, 1.165) is 32.3 Å². The highest BCUT2D eigenvalue weighted by molar-refractivity contribution is 5.89. The monoisotopic (exact) mass is 316 g/mol. The molecule has 21 heavy (non-hydrogen) atoms. The smallest absolute Gasteiger partial charge is 0.241 e. The number of halogens is 1. The molecule has 3 fully saturated rings. The highest BCUT2D eigenvalue weighted by Gasteiger charge is 2.70. The van der Waals surface area contributed by atoms with Gasteiger partial charge in [-0.05, 0) is 25.7 Å². The fourth-order valence-electron chi connectivity index (χ4n) is 4.59. The lowest BCUT2D eigenvalue weighted by molar-refractivity contribution is -0.225. The molecule has 5 heteroatoms. The molecule has 2 aliphatic carbocycles. The normalized spacial score (nSPS) is 38.6. The molecule has 1 amide bonds. The molecule has 0 aromatic rings. The lowest BCUT2D eigenvalue weighted by Gasteiger charge is -2.65. The standard InChI is InChI=1S/C16H28N2O2.ClH/c1-15(2)13-12(9-6-10-20-13)16(15,17)14(19)18-11-7-4-3-5-8-11;/h11-13H,3-10,17H2,1-2H3,(H,18,19);1H. The Morgan fingerprint density at radius 1 is 1.14 bits per heavy atom. The van der Waals surface area contributed by atoms with Crippen LogP contribution in [0.15, 0.2) is 0 Å². The Bertz CT molecular complexity index is 396. The number of amides is 1. The zero-order valence-electron chi connectivity index (χ0n) is 13.2. The van der Waals surface area contributed by atoms with Gasteiger partial charge in [0.25, 0.3) is 0 Å². The zero-order valence-corrected chi connectivity index (χ0v) is 14.0. The molecule has 4 nitrogen and oxygen atoms in total. The summed E-state index contributed by atoms with van der Waals surface area (Å²) >= 11 is 0. The number of nitrogens with one attached hydrogen (secondary N) is 1. The number of carbonyl (C=O) groups is 1. The number of nitrogens with two attached hydrogens (primary N) is 1. The molecule has 0 aromatic heterocycles. The van der Waals surface area contributed by atoms with Crippen LogP contribution in [0.2, 0.25) is 0 Å². The molecular formula is C16H29ClN2O2. The van der Waals surface area contributed by atoms with Gasteiger partial charge in [0.2, 0.25) is 5.91 Å². The first-order chi connectivity index (χ1) is 9.48. The molecule has 0 radical (unpaired) electrons. The Labute approximate surface area is 134 Å². The van der Waals surface area contributed by atoms with Gasteiger partial charge in [0.05, 0.1) is 6.10 Å². The second-order valence-electron chi connectivity index (χ2n) is 7.44. The fraction of sp³-hybridized carbons (Fsp3) is 0.938. The van der Waals surface area contributed by atoms with Crippen LogP contribution in [0.5, 0.6) is 0 Å². The van der Waals surface area contributed by atoms with Crippen molar-refractivity contribution in [3.8, 4) is 0 Å². The Morgan fingerprint density at radius 3 is 2.48 bits per heavy atom. The quantitative estimate of drug-likeness (QED) is 0.822. The van der Waals surface area contributed by atoms with E-state index >= 15 is 0 Å². The van der Waals surface area contributed by atoms with Gasteiger partial charge < -0.3 is 15.8 Å². The predicted octanol–water partition coefficient (Wildman–Crippen LogP) is 2.39. The molecule has 122 valence electrons. The van der Waals surface area contributed by atoms with Crippen LogP contribution in [-0.4, -0.2) is 30.2 Å². The van der Waals surface area contributed by atoms with Gasteiger partial charge in [-0.1, -0.05) is 33.1 Å². The van der Waals surface area contributed by atoms with Crippen molar-refractivity contribution in [1.29, 1.82) is 0 Å². The SMILES string of the molecule is CC1(C)C2OCCCC2C1(N)C(=O)NC1CCCCC1.Cl. The molecule has 3 atom stereocenters. The van der Waals surface area contributed by atoms with E-state index in [9.17, 15) is 4.79 Å². The van der Waals surface area contributed by atoms with E-state index in [4.69, 9.17) is 10.5 Å². The van der Waals surface area contributed by atoms with E-state index in [2.05, 4.69) is 19.2 Å². The summed E-state index contributed by atoms with van der Waals surface area (Å²) in [6.45, 7) is 4.98. The van der Waals surface area contributed by atoms with Crippen molar-refractivity contribution in [1.82, 2.24) is 5.32 Å². The van der Waals surface area contributed by atoms with Crippen LogP contribution in [0.1, 0.15) is 58.8 Å². The van der Waals surface area contributed by atoms with Gasteiger partial charge in [0.15, 0.2) is 0 Å². The zero-order chi connectivity index (χ0) is 14.4. The number of hydrogen-bond acceptors (Lipinski definition) is 3. The van der Waals surface area contributed by atoms with Crippen LogP contribution in [-0.2, 0) is 9.53 Å². The summed E-state index contributed by atoms with van der Waals surface area (Å²) in [7, 11) is 0. The molecule has 0 bridgehead atoms. The van der Waals surface area contributed by atoms with E-state index in [1.165, 1.54) is 19.3 Å². The summed E-state index contributed by atoms with van der Waals surface area (Å²) in [4.78, 5) is 12.8. The maximum absolute atomic E-state index is 12.8. The molecule has 3 N–H and O–H groups in total. The third kappa shape index (κ3) is 2.49. The van der Waals surface area contributed by atoms with Crippen molar-refractivity contribution >= 4 is 18.3 Å². The average molecular weight is 317 g/mol. The van der Waals surface area contributed by atoms with Gasteiger partial charge in [0.1, 0.15) is 5.54 Å². The summed E-state index contributed by atoms with van der Waals surface area (Å²) in [6.07, 6.45) is 8.14. The summed E-state index contributed by atoms with van der Waals surface area (Å²) in [6, 6.07) is 0.330. The Hall–Kier alpha value is -0.320. The fourth-order valence-corrected chi connectivity index (χ4v) is 4.59. The molecule has 2 saturated carbocycles. The maximum Gasteiger partial charge on any atom is 0.241 e. The molecule has 0 spiro atoms. The molecule has 1 aliphatic heterocycles. The largest absolute Gasteiger partial charge is 0.377 e. The first-order valence-corrected chi connectivity index (χ1v) is 8.19. The highest BCUT2D eigenvalue weighted by Crippen LogP contribution is 2.57. The highest BCUT2D eigenvalue weighted by atomic mass is 35.5. The first kappa shape index (κ1) is 17.0. The van der Waals surface area contributed by atoms with Crippen molar-refractivity contribution in [3.05, 3.63) is 0 Å². The topological polar surface area (TPSA) is 64.3 Å². The number of fused-ring (bicyclic) bond motifs is 1. The van der Waals surface area contributed by atoms with Crippen LogP contribution < -0.4 is 11.1 Å². The van der Waals surface area contributed by atoms with Crippen molar-refractivity contribution in [2.75, 3.05) is 6.61 Å². The molecule has 1 heterocycles. The molecule has 3 aliphatic rings. The number of ether oxygens (including phenoxy) is 1. The van der Waals surface area contributed by atoms with Crippen molar-refractivity contribution in [2.24, 2.45) is 17.1 Å². The van der Waals surface area contributed by atoms with Gasteiger partial charge in [-0.2, -0.15) is 0 Å². The minimum absolute atomic E-state index is 0. The first-order valence-electron chi connectivity index (χ1n) is 8.19. The van der Waals surface area contributed by atoms with Crippen LogP contribution in [0.25, 0.3) is 0 Å². The predicted molar refractivity (Wildman–Crippen MR) is 85.4 cm³/mol. The van der Waals surface area contributed by atoms with E-state index in [0.29, 0.717) is 6.04 Å². The Morgan fingerprint density at radius 2 is 1.81 bits per heavy atom. The summed E-state index contributed by atoms with van der Waals surface area (Å²) < 4.78 is 5.87. The number of hydrogen-bond donors (Lipinski definition) is 2.